The van der Waals surface area contributed by atoms with Gasteiger partial charge in [-0.1, -0.05) is 41.6 Å². The van der Waals surface area contributed by atoms with Gasteiger partial charge in [0.1, 0.15) is 22.5 Å². The summed E-state index contributed by atoms with van der Waals surface area (Å²) in [6.07, 6.45) is -0.767. The number of benzene rings is 2. The maximum Gasteiger partial charge on any atom is 0.425 e. The van der Waals surface area contributed by atoms with Gasteiger partial charge in [0.05, 0.1) is 28.6 Å². The Balaban J connectivity index is 1.75. The molecule has 4 rings (SSSR count). The number of amides is 2. The van der Waals surface area contributed by atoms with Crippen molar-refractivity contribution in [2.24, 2.45) is 0 Å². The van der Waals surface area contributed by atoms with Crippen molar-refractivity contribution in [1.29, 1.82) is 0 Å². The smallest absolute Gasteiger partial charge is 0.425 e. The number of rotatable bonds is 10. The number of carbonyl (C=O) groups excluding carboxylic acids is 3. The zero-order valence-electron chi connectivity index (χ0n) is 32.6. The Morgan fingerprint density at radius 1 is 0.778 bits per heavy atom. The monoisotopic (exact) mass is 763 g/mol. The van der Waals surface area contributed by atoms with Crippen molar-refractivity contribution in [2.75, 3.05) is 11.4 Å². The van der Waals surface area contributed by atoms with E-state index < -0.39 is 44.1 Å². The molecule has 0 aliphatic heterocycles. The van der Waals surface area contributed by atoms with Crippen LogP contribution in [0.4, 0.5) is 15.4 Å². The van der Waals surface area contributed by atoms with Crippen LogP contribution in [0, 0.1) is 0 Å². The van der Waals surface area contributed by atoms with Crippen molar-refractivity contribution in [2.45, 2.75) is 110 Å². The van der Waals surface area contributed by atoms with Crippen LogP contribution in [0.5, 0.6) is 0 Å². The summed E-state index contributed by atoms with van der Waals surface area (Å²) in [7, 11) is -3.53. The average Bonchev–Trinajstić information content (AvgIpc) is 3.53. The molecule has 0 spiro atoms. The number of hydrogen-bond acceptors (Lipinski definition) is 13. The number of imide groups is 1. The van der Waals surface area contributed by atoms with E-state index >= 15 is 0 Å². The van der Waals surface area contributed by atoms with Crippen LogP contribution in [0.15, 0.2) is 70.2 Å². The second-order valence-corrected chi connectivity index (χ2v) is 18.3. The second kappa shape index (κ2) is 16.1. The predicted molar refractivity (Wildman–Crippen MR) is 203 cm³/mol. The Morgan fingerprint density at radius 2 is 1.30 bits per heavy atom. The van der Waals surface area contributed by atoms with E-state index in [0.29, 0.717) is 28.3 Å². The predicted octanol–water partition coefficient (Wildman–Crippen LogP) is 7.76. The molecule has 0 atom stereocenters. The Bertz CT molecular complexity index is 2040. The van der Waals surface area contributed by atoms with Gasteiger partial charge >= 0.3 is 18.2 Å². The number of ether oxygens (including phenoxy) is 3. The summed E-state index contributed by atoms with van der Waals surface area (Å²) >= 11 is 0. The van der Waals surface area contributed by atoms with E-state index in [4.69, 9.17) is 23.7 Å². The molecule has 0 aliphatic rings. The molecule has 0 fully saturated rings. The van der Waals surface area contributed by atoms with E-state index in [1.807, 2.05) is 45.0 Å². The number of nitrogens with one attached hydrogen (secondary N) is 1. The van der Waals surface area contributed by atoms with Crippen LogP contribution in [0.1, 0.15) is 81.7 Å². The molecule has 0 unspecified atom stereocenters. The number of hydrogen-bond donors (Lipinski definition) is 1. The molecule has 4 aromatic rings. The third-order valence-corrected chi connectivity index (χ3v) is 9.40. The quantitative estimate of drug-likeness (QED) is 0.122. The Morgan fingerprint density at radius 3 is 1.81 bits per heavy atom. The third-order valence-electron chi connectivity index (χ3n) is 7.23. The number of esters is 1. The fourth-order valence-corrected chi connectivity index (χ4v) is 5.86. The first-order valence-electron chi connectivity index (χ1n) is 17.4. The molecule has 54 heavy (non-hydrogen) atoms. The van der Waals surface area contributed by atoms with Crippen LogP contribution >= 0.6 is 0 Å². The molecule has 15 heteroatoms. The minimum Gasteiger partial charge on any atom is -0.459 e. The van der Waals surface area contributed by atoms with Crippen molar-refractivity contribution in [1.82, 2.24) is 20.4 Å². The van der Waals surface area contributed by atoms with Gasteiger partial charge in [0.15, 0.2) is 27.1 Å². The fraction of sp³-hybridized carbons (Fsp3) is 0.436. The molecular weight excluding hydrogens is 715 g/mol. The average molecular weight is 764 g/mol. The highest BCUT2D eigenvalue weighted by molar-refractivity contribution is 7.92. The van der Waals surface area contributed by atoms with E-state index in [2.05, 4.69) is 15.5 Å². The van der Waals surface area contributed by atoms with E-state index in [-0.39, 0.29) is 40.4 Å². The number of nitrogens with zero attached hydrogens (tertiary/aromatic N) is 4. The van der Waals surface area contributed by atoms with Gasteiger partial charge in [-0.05, 0) is 93.9 Å². The summed E-state index contributed by atoms with van der Waals surface area (Å²) in [5, 5.41) is 6.70. The van der Waals surface area contributed by atoms with Crippen LogP contribution < -0.4 is 10.2 Å². The number of carbonyl (C=O) groups is 3. The summed E-state index contributed by atoms with van der Waals surface area (Å²) in [6, 6.07) is 15.1. The van der Waals surface area contributed by atoms with Crippen LogP contribution in [0.25, 0.3) is 34.0 Å². The molecule has 2 heterocycles. The molecule has 0 aliphatic carbocycles. The summed E-state index contributed by atoms with van der Waals surface area (Å²) in [5.41, 5.74) is 0.226. The second-order valence-electron chi connectivity index (χ2n) is 15.8. The normalized spacial score (nSPS) is 12.4. The molecule has 0 radical (unpaired) electrons. The van der Waals surface area contributed by atoms with Crippen LogP contribution in [-0.2, 0) is 35.4 Å². The first-order chi connectivity index (χ1) is 24.9. The summed E-state index contributed by atoms with van der Waals surface area (Å²) in [6.45, 7) is 19.0. The van der Waals surface area contributed by atoms with Gasteiger partial charge in [0.2, 0.25) is 0 Å². The van der Waals surface area contributed by atoms with Crippen molar-refractivity contribution < 1.29 is 41.5 Å². The lowest BCUT2D eigenvalue weighted by molar-refractivity contribution is -0.153. The molecule has 0 saturated heterocycles. The lowest BCUT2D eigenvalue weighted by atomic mass is 10.1. The maximum atomic E-state index is 13.6. The lowest BCUT2D eigenvalue weighted by Gasteiger charge is -2.28. The highest BCUT2D eigenvalue weighted by Crippen LogP contribution is 2.35. The summed E-state index contributed by atoms with van der Waals surface area (Å²) < 4.78 is 47.8. The fourth-order valence-electron chi connectivity index (χ4n) is 4.80. The van der Waals surface area contributed by atoms with Gasteiger partial charge < -0.3 is 24.1 Å². The van der Waals surface area contributed by atoms with Crippen LogP contribution in [0.2, 0.25) is 0 Å². The highest BCUT2D eigenvalue weighted by atomic mass is 32.2. The zero-order chi connectivity index (χ0) is 40.2. The minimum absolute atomic E-state index is 0.0372. The highest BCUT2D eigenvalue weighted by Gasteiger charge is 2.37. The molecule has 2 amide bonds. The number of anilines is 1. The van der Waals surface area contributed by atoms with Crippen molar-refractivity contribution in [3.05, 3.63) is 66.4 Å². The van der Waals surface area contributed by atoms with E-state index in [0.717, 1.165) is 5.56 Å². The van der Waals surface area contributed by atoms with Gasteiger partial charge in [0, 0.05) is 23.7 Å². The van der Waals surface area contributed by atoms with Gasteiger partial charge in [-0.15, -0.1) is 0 Å². The molecule has 0 saturated carbocycles. The maximum absolute atomic E-state index is 13.6. The van der Waals surface area contributed by atoms with Crippen LogP contribution in [0.3, 0.4) is 0 Å². The van der Waals surface area contributed by atoms with Gasteiger partial charge in [0.25, 0.3) is 0 Å². The first-order valence-corrected chi connectivity index (χ1v) is 18.9. The van der Waals surface area contributed by atoms with E-state index in [9.17, 15) is 22.8 Å². The number of sulfone groups is 1. The van der Waals surface area contributed by atoms with Crippen molar-refractivity contribution in [3.8, 4) is 34.0 Å². The van der Waals surface area contributed by atoms with Crippen LogP contribution in [-0.4, -0.2) is 70.3 Å². The molecule has 2 aromatic carbocycles. The van der Waals surface area contributed by atoms with E-state index in [1.54, 1.807) is 73.6 Å². The largest absolute Gasteiger partial charge is 0.459 e. The SMILES string of the molecule is CC(C)S(=O)(=O)c1ccc(-c2cnc(N(C(=O)OC(C)(C)C)C(=O)OC(C)(C)C)c(-c3cc(-c4ccc(CNCC(=O)OC(C)(C)C)cc4)no3)n2)cc1. The van der Waals surface area contributed by atoms with Gasteiger partial charge in [-0.25, -0.2) is 28.0 Å². The molecule has 0 bridgehead atoms. The molecule has 2 aromatic heterocycles. The molecule has 290 valence electrons. The molecular formula is C39H49N5O9S. The molecule has 1 N–H and O–H groups in total. The third kappa shape index (κ3) is 11.2. The van der Waals surface area contributed by atoms with Gasteiger partial charge in [-0.2, -0.15) is 4.90 Å². The lowest BCUT2D eigenvalue weighted by Crippen LogP contribution is -2.44. The minimum atomic E-state index is -3.53. The Kier molecular flexibility index (Phi) is 12.4. The number of aromatic nitrogens is 3. The van der Waals surface area contributed by atoms with Crippen molar-refractivity contribution >= 4 is 33.8 Å². The zero-order valence-corrected chi connectivity index (χ0v) is 33.5. The van der Waals surface area contributed by atoms with Crippen molar-refractivity contribution in [3.63, 3.8) is 0 Å². The topological polar surface area (TPSA) is 180 Å². The molecule has 14 nitrogen and oxygen atoms in total. The first kappa shape index (κ1) is 41.6. The van der Waals surface area contributed by atoms with Gasteiger partial charge in [-0.3, -0.25) is 4.79 Å². The Labute approximate surface area is 316 Å². The Hall–Kier alpha value is -5.15. The summed E-state index contributed by atoms with van der Waals surface area (Å²) in [5.74, 6) is -0.530. The van der Waals surface area contributed by atoms with E-state index in [1.165, 1.54) is 18.3 Å². The standard InChI is InChI=1S/C39H49N5O9S/c1-24(2)54(48,49)28-18-16-27(17-19-28)30-22-41-34(44(35(46)51-38(6,7)8)36(47)52-39(9,10)11)33(42-30)31-20-29(43-53-31)26-14-12-25(13-15-26)21-40-23-32(45)50-37(3,4)5/h12-20,22,24,40H,21,23H2,1-11H3. The summed E-state index contributed by atoms with van der Waals surface area (Å²) in [4.78, 5) is 49.4.